The van der Waals surface area contributed by atoms with E-state index in [2.05, 4.69) is 5.32 Å². The summed E-state index contributed by atoms with van der Waals surface area (Å²) in [6.45, 7) is 13.3. The highest BCUT2D eigenvalue weighted by molar-refractivity contribution is 5.79. The lowest BCUT2D eigenvalue weighted by atomic mass is 9.91. The Labute approximate surface area is 137 Å². The van der Waals surface area contributed by atoms with Crippen LogP contribution in [-0.2, 0) is 9.59 Å². The minimum Gasteiger partial charge on any atom is -0.343 e. The summed E-state index contributed by atoms with van der Waals surface area (Å²) in [7, 11) is 0. The molecule has 0 atom stereocenters. The maximum Gasteiger partial charge on any atom is 0.222 e. The van der Waals surface area contributed by atoms with E-state index in [-0.39, 0.29) is 11.7 Å². The number of hydrogen-bond acceptors (Lipinski definition) is 3. The van der Waals surface area contributed by atoms with Crippen molar-refractivity contribution in [1.82, 2.24) is 10.2 Å². The predicted octanol–water partition coefficient (Wildman–Crippen LogP) is 3.26. The van der Waals surface area contributed by atoms with Crippen LogP contribution in [0.1, 0.15) is 66.7 Å². The van der Waals surface area contributed by atoms with Gasteiger partial charge in [-0.15, -0.1) is 0 Å². The second kappa shape index (κ2) is 12.6. The summed E-state index contributed by atoms with van der Waals surface area (Å²) in [5.41, 5.74) is 0. The summed E-state index contributed by atoms with van der Waals surface area (Å²) in [5.74, 6) is 1.32. The Morgan fingerprint density at radius 3 is 1.91 bits per heavy atom. The van der Waals surface area contributed by atoms with Crippen molar-refractivity contribution in [3.63, 3.8) is 0 Å². The Bertz CT molecular complexity index is 304. The van der Waals surface area contributed by atoms with Crippen LogP contribution in [0, 0.1) is 11.8 Å². The standard InChI is InChI=1S/C14H24N2O2.2C2H6/c1-11(17)13-4-8-16(9-5-13)14(18)10-12-2-6-15-7-3-12;2*1-2/h12-13,15H,2-10H2,1H3;2*1-2H3. The van der Waals surface area contributed by atoms with E-state index in [1.807, 2.05) is 32.6 Å². The molecule has 2 fully saturated rings. The smallest absolute Gasteiger partial charge is 0.222 e. The monoisotopic (exact) mass is 312 g/mol. The average molecular weight is 312 g/mol. The van der Waals surface area contributed by atoms with E-state index < -0.39 is 0 Å². The molecule has 0 aromatic rings. The van der Waals surface area contributed by atoms with Gasteiger partial charge in [-0.05, 0) is 51.6 Å². The van der Waals surface area contributed by atoms with Gasteiger partial charge in [-0.25, -0.2) is 0 Å². The molecule has 2 aliphatic rings. The second-order valence-corrected chi connectivity index (χ2v) is 5.66. The molecule has 2 rings (SSSR count). The first kappa shape index (κ1) is 21.1. The molecule has 130 valence electrons. The lowest BCUT2D eigenvalue weighted by Gasteiger charge is -2.32. The van der Waals surface area contributed by atoms with Crippen molar-refractivity contribution >= 4 is 11.7 Å². The van der Waals surface area contributed by atoms with Gasteiger partial charge in [0.15, 0.2) is 0 Å². The van der Waals surface area contributed by atoms with Crippen molar-refractivity contribution < 1.29 is 9.59 Å². The van der Waals surface area contributed by atoms with Gasteiger partial charge in [0.25, 0.3) is 0 Å². The molecule has 0 aromatic heterocycles. The minimum atomic E-state index is 0.188. The van der Waals surface area contributed by atoms with Crippen LogP contribution in [0.3, 0.4) is 0 Å². The van der Waals surface area contributed by atoms with Crippen LogP contribution >= 0.6 is 0 Å². The molecule has 0 bridgehead atoms. The Morgan fingerprint density at radius 1 is 0.955 bits per heavy atom. The van der Waals surface area contributed by atoms with Crippen LogP contribution < -0.4 is 5.32 Å². The van der Waals surface area contributed by atoms with Gasteiger partial charge in [0, 0.05) is 25.4 Å². The van der Waals surface area contributed by atoms with E-state index in [0.717, 1.165) is 51.9 Å². The van der Waals surface area contributed by atoms with Crippen LogP contribution in [0.5, 0.6) is 0 Å². The van der Waals surface area contributed by atoms with Gasteiger partial charge in [0.05, 0.1) is 0 Å². The largest absolute Gasteiger partial charge is 0.343 e. The molecule has 0 unspecified atom stereocenters. The quantitative estimate of drug-likeness (QED) is 0.870. The highest BCUT2D eigenvalue weighted by Crippen LogP contribution is 2.22. The number of rotatable bonds is 3. The molecule has 0 saturated carbocycles. The van der Waals surface area contributed by atoms with Crippen molar-refractivity contribution in [3.05, 3.63) is 0 Å². The summed E-state index contributed by atoms with van der Waals surface area (Å²) < 4.78 is 0. The number of likely N-dealkylation sites (tertiary alicyclic amines) is 1. The maximum absolute atomic E-state index is 12.2. The fourth-order valence-corrected chi connectivity index (χ4v) is 3.00. The zero-order chi connectivity index (χ0) is 17.0. The van der Waals surface area contributed by atoms with E-state index in [4.69, 9.17) is 0 Å². The van der Waals surface area contributed by atoms with Crippen LogP contribution in [-0.4, -0.2) is 42.8 Å². The summed E-state index contributed by atoms with van der Waals surface area (Å²) in [6.07, 6.45) is 4.65. The SMILES string of the molecule is CC.CC.CC(=O)C1CCN(C(=O)CC2CCNCC2)CC1. The van der Waals surface area contributed by atoms with Gasteiger partial charge in [0.2, 0.25) is 5.91 Å². The Kier molecular flexibility index (Phi) is 12.1. The number of amides is 1. The fourth-order valence-electron chi connectivity index (χ4n) is 3.00. The normalized spacial score (nSPS) is 19.4. The first-order valence-electron chi connectivity index (χ1n) is 9.15. The molecule has 2 aliphatic heterocycles. The summed E-state index contributed by atoms with van der Waals surface area (Å²) >= 11 is 0. The van der Waals surface area contributed by atoms with Crippen LogP contribution in [0.15, 0.2) is 0 Å². The molecule has 1 N–H and O–H groups in total. The first-order valence-corrected chi connectivity index (χ1v) is 9.15. The van der Waals surface area contributed by atoms with Gasteiger partial charge in [-0.3, -0.25) is 9.59 Å². The van der Waals surface area contributed by atoms with Gasteiger partial charge in [0.1, 0.15) is 5.78 Å². The number of Topliss-reactive ketones (excluding diaryl/α,β-unsaturated/α-hetero) is 1. The van der Waals surface area contributed by atoms with Gasteiger partial charge >= 0.3 is 0 Å². The number of nitrogens with one attached hydrogen (secondary N) is 1. The van der Waals surface area contributed by atoms with Crippen molar-refractivity contribution in [3.8, 4) is 0 Å². The third-order valence-corrected chi connectivity index (χ3v) is 4.34. The second-order valence-electron chi connectivity index (χ2n) is 5.66. The number of carbonyl (C=O) groups excluding carboxylic acids is 2. The number of ketones is 1. The minimum absolute atomic E-state index is 0.188. The first-order chi connectivity index (χ1) is 10.7. The Morgan fingerprint density at radius 2 is 1.45 bits per heavy atom. The number of nitrogens with zero attached hydrogens (tertiary/aromatic N) is 1. The third-order valence-electron chi connectivity index (χ3n) is 4.34. The highest BCUT2D eigenvalue weighted by atomic mass is 16.2. The molecule has 4 heteroatoms. The summed E-state index contributed by atoms with van der Waals surface area (Å²) in [4.78, 5) is 25.4. The molecule has 0 spiro atoms. The molecule has 2 heterocycles. The highest BCUT2D eigenvalue weighted by Gasteiger charge is 2.26. The topological polar surface area (TPSA) is 49.4 Å². The van der Waals surface area contributed by atoms with E-state index in [1.54, 1.807) is 6.92 Å². The van der Waals surface area contributed by atoms with Crippen molar-refractivity contribution in [1.29, 1.82) is 0 Å². The van der Waals surface area contributed by atoms with E-state index in [1.165, 1.54) is 0 Å². The lowest BCUT2D eigenvalue weighted by Crippen LogP contribution is -2.41. The predicted molar refractivity (Wildman–Crippen MR) is 92.9 cm³/mol. The maximum atomic E-state index is 12.2. The van der Waals surface area contributed by atoms with Crippen LogP contribution in [0.25, 0.3) is 0 Å². The Balaban J connectivity index is 0.00000102. The molecule has 1 amide bonds. The van der Waals surface area contributed by atoms with Gasteiger partial charge in [-0.2, -0.15) is 0 Å². The molecule has 0 aliphatic carbocycles. The fraction of sp³-hybridized carbons (Fsp3) is 0.889. The summed E-state index contributed by atoms with van der Waals surface area (Å²) in [5, 5.41) is 3.32. The van der Waals surface area contributed by atoms with Gasteiger partial charge < -0.3 is 10.2 Å². The molecule has 4 nitrogen and oxygen atoms in total. The van der Waals surface area contributed by atoms with E-state index >= 15 is 0 Å². The van der Waals surface area contributed by atoms with Gasteiger partial charge in [-0.1, -0.05) is 27.7 Å². The molecule has 0 aromatic carbocycles. The molecular formula is C18H36N2O2. The molecular weight excluding hydrogens is 276 g/mol. The zero-order valence-corrected chi connectivity index (χ0v) is 15.3. The molecule has 2 saturated heterocycles. The van der Waals surface area contributed by atoms with Crippen LogP contribution in [0.4, 0.5) is 0 Å². The van der Waals surface area contributed by atoms with Crippen molar-refractivity contribution in [2.45, 2.75) is 66.7 Å². The average Bonchev–Trinajstić information content (AvgIpc) is 2.59. The van der Waals surface area contributed by atoms with E-state index in [9.17, 15) is 9.59 Å². The van der Waals surface area contributed by atoms with Crippen LogP contribution in [0.2, 0.25) is 0 Å². The third kappa shape index (κ3) is 7.39. The lowest BCUT2D eigenvalue weighted by molar-refractivity contribution is -0.135. The zero-order valence-electron chi connectivity index (χ0n) is 15.3. The number of carbonyl (C=O) groups is 2. The number of piperidine rings is 2. The van der Waals surface area contributed by atoms with Crippen molar-refractivity contribution in [2.24, 2.45) is 11.8 Å². The molecule has 22 heavy (non-hydrogen) atoms. The molecule has 0 radical (unpaired) electrons. The summed E-state index contributed by atoms with van der Waals surface area (Å²) in [6, 6.07) is 0. The Hall–Kier alpha value is -0.900. The number of hydrogen-bond donors (Lipinski definition) is 1. The van der Waals surface area contributed by atoms with Crippen molar-refractivity contribution in [2.75, 3.05) is 26.2 Å². The van der Waals surface area contributed by atoms with E-state index in [0.29, 0.717) is 18.2 Å².